The summed E-state index contributed by atoms with van der Waals surface area (Å²) in [5, 5.41) is 5.82. The van der Waals surface area contributed by atoms with Crippen LogP contribution in [0, 0.1) is 5.92 Å². The van der Waals surface area contributed by atoms with Gasteiger partial charge in [-0.1, -0.05) is 76.6 Å². The predicted octanol–water partition coefficient (Wildman–Crippen LogP) is 6.75. The topological polar surface area (TPSA) is 29.1 Å². The Bertz CT molecular complexity index is 955. The van der Waals surface area contributed by atoms with Gasteiger partial charge in [0.25, 0.3) is 0 Å². The molecule has 3 aromatic rings. The minimum atomic E-state index is 0.0560. The monoisotopic (exact) mass is 435 g/mol. The summed E-state index contributed by atoms with van der Waals surface area (Å²) in [6, 6.07) is 23.2. The van der Waals surface area contributed by atoms with Crippen molar-refractivity contribution in [2.45, 2.75) is 44.6 Å². The van der Waals surface area contributed by atoms with Crippen molar-refractivity contribution in [2.24, 2.45) is 5.92 Å². The van der Waals surface area contributed by atoms with Crippen molar-refractivity contribution >= 4 is 32.6 Å². The third-order valence-electron chi connectivity index (χ3n) is 6.08. The van der Waals surface area contributed by atoms with E-state index >= 15 is 0 Å². The quantitative estimate of drug-likeness (QED) is 0.481. The largest absolute Gasteiger partial charge is 0.349 e. The molecule has 3 aromatic carbocycles. The summed E-state index contributed by atoms with van der Waals surface area (Å²) in [5.74, 6) is 0.854. The third kappa shape index (κ3) is 4.00. The van der Waals surface area contributed by atoms with Gasteiger partial charge in [-0.05, 0) is 66.5 Å². The minimum absolute atomic E-state index is 0.0560. The molecular weight excluding hydrogens is 410 g/mol. The maximum Gasteiger partial charge on any atom is 0.223 e. The molecule has 0 spiro atoms. The first kappa shape index (κ1) is 19.2. The minimum Gasteiger partial charge on any atom is -0.349 e. The Morgan fingerprint density at radius 2 is 1.61 bits per heavy atom. The number of hydrogen-bond donors (Lipinski definition) is 1. The summed E-state index contributed by atoms with van der Waals surface area (Å²) in [6.07, 6.45) is 4.05. The van der Waals surface area contributed by atoms with E-state index in [0.29, 0.717) is 5.92 Å². The molecule has 1 fully saturated rings. The van der Waals surface area contributed by atoms with Crippen LogP contribution in [0.15, 0.2) is 71.2 Å². The number of carbonyl (C=O) groups is 1. The van der Waals surface area contributed by atoms with Crippen molar-refractivity contribution < 1.29 is 4.79 Å². The molecule has 2 nitrogen and oxygen atoms in total. The predicted molar refractivity (Wildman–Crippen MR) is 119 cm³/mol. The normalized spacial score (nSPS) is 20.6. The lowest BCUT2D eigenvalue weighted by Gasteiger charge is -2.30. The number of hydrogen-bond acceptors (Lipinski definition) is 1. The summed E-state index contributed by atoms with van der Waals surface area (Å²) < 4.78 is 1.16. The van der Waals surface area contributed by atoms with Gasteiger partial charge in [-0.15, -0.1) is 0 Å². The second-order valence-electron chi connectivity index (χ2n) is 7.87. The zero-order chi connectivity index (χ0) is 19.5. The Kier molecular flexibility index (Phi) is 5.82. The maximum absolute atomic E-state index is 12.8. The van der Waals surface area contributed by atoms with Crippen LogP contribution in [-0.4, -0.2) is 5.91 Å². The highest BCUT2D eigenvalue weighted by atomic mass is 79.9. The van der Waals surface area contributed by atoms with Gasteiger partial charge in [0.1, 0.15) is 0 Å². The van der Waals surface area contributed by atoms with Crippen molar-refractivity contribution in [3.63, 3.8) is 0 Å². The summed E-state index contributed by atoms with van der Waals surface area (Å²) in [7, 11) is 0. The Labute approximate surface area is 175 Å². The number of halogens is 1. The highest BCUT2D eigenvalue weighted by Crippen LogP contribution is 2.40. The molecule has 0 unspecified atom stereocenters. The standard InChI is InChI=1S/C25H26BrNO/c1-17(18-7-3-2-4-8-18)27-25(28)21-15-13-19(14-16-21)22-11-5-9-20-10-6-12-23(26)24(20)22/h2-12,17,19,21H,13-16H2,1H3,(H,27,28)/t17-,19?,21?/m1/s1. The number of amides is 1. The van der Waals surface area contributed by atoms with Gasteiger partial charge in [0.2, 0.25) is 5.91 Å². The fourth-order valence-electron chi connectivity index (χ4n) is 4.49. The number of fused-ring (bicyclic) bond motifs is 1. The molecular formula is C25H26BrNO. The molecule has 144 valence electrons. The zero-order valence-corrected chi connectivity index (χ0v) is 17.8. The fraction of sp³-hybridized carbons (Fsp3) is 0.320. The van der Waals surface area contributed by atoms with Crippen LogP contribution >= 0.6 is 15.9 Å². The van der Waals surface area contributed by atoms with Crippen LogP contribution in [0.1, 0.15) is 55.7 Å². The van der Waals surface area contributed by atoms with E-state index in [4.69, 9.17) is 0 Å². The average molecular weight is 436 g/mol. The van der Waals surface area contributed by atoms with Crippen molar-refractivity contribution in [3.05, 3.63) is 82.3 Å². The molecule has 0 bridgehead atoms. The van der Waals surface area contributed by atoms with E-state index in [0.717, 1.165) is 35.7 Å². The van der Waals surface area contributed by atoms with Gasteiger partial charge < -0.3 is 5.32 Å². The van der Waals surface area contributed by atoms with Gasteiger partial charge in [-0.25, -0.2) is 0 Å². The summed E-state index contributed by atoms with van der Waals surface area (Å²) >= 11 is 3.73. The molecule has 0 aliphatic heterocycles. The molecule has 4 rings (SSSR count). The molecule has 0 heterocycles. The van der Waals surface area contributed by atoms with Crippen molar-refractivity contribution in [2.75, 3.05) is 0 Å². The Hall–Kier alpha value is -2.13. The molecule has 0 aromatic heterocycles. The van der Waals surface area contributed by atoms with E-state index in [-0.39, 0.29) is 17.9 Å². The van der Waals surface area contributed by atoms with Crippen molar-refractivity contribution in [3.8, 4) is 0 Å². The van der Waals surface area contributed by atoms with Crippen molar-refractivity contribution in [1.82, 2.24) is 5.32 Å². The molecule has 3 heteroatoms. The van der Waals surface area contributed by atoms with Gasteiger partial charge in [-0.2, -0.15) is 0 Å². The van der Waals surface area contributed by atoms with Crippen LogP contribution in [0.5, 0.6) is 0 Å². The second-order valence-corrected chi connectivity index (χ2v) is 8.73. The maximum atomic E-state index is 12.8. The number of nitrogens with one attached hydrogen (secondary N) is 1. The Morgan fingerprint density at radius 3 is 2.32 bits per heavy atom. The lowest BCUT2D eigenvalue weighted by atomic mass is 9.77. The lowest BCUT2D eigenvalue weighted by molar-refractivity contribution is -0.126. The van der Waals surface area contributed by atoms with Crippen molar-refractivity contribution in [1.29, 1.82) is 0 Å². The van der Waals surface area contributed by atoms with E-state index in [1.54, 1.807) is 0 Å². The molecule has 1 aliphatic rings. The molecule has 1 amide bonds. The van der Waals surface area contributed by atoms with Gasteiger partial charge in [-0.3, -0.25) is 4.79 Å². The van der Waals surface area contributed by atoms with E-state index in [9.17, 15) is 4.79 Å². The number of carbonyl (C=O) groups excluding carboxylic acids is 1. The molecule has 0 radical (unpaired) electrons. The third-order valence-corrected chi connectivity index (χ3v) is 6.74. The summed E-state index contributed by atoms with van der Waals surface area (Å²) in [4.78, 5) is 12.8. The van der Waals surface area contributed by atoms with E-state index in [2.05, 4.69) is 76.7 Å². The van der Waals surface area contributed by atoms with E-state index in [1.807, 2.05) is 18.2 Å². The SMILES string of the molecule is C[C@@H](NC(=O)C1CCC(c2cccc3cccc(Br)c23)CC1)c1ccccc1. The van der Waals surface area contributed by atoms with Crippen LogP contribution in [0.25, 0.3) is 10.8 Å². The average Bonchev–Trinajstić information content (AvgIpc) is 2.74. The highest BCUT2D eigenvalue weighted by molar-refractivity contribution is 9.10. The van der Waals surface area contributed by atoms with Gasteiger partial charge in [0.05, 0.1) is 6.04 Å². The van der Waals surface area contributed by atoms with Crippen LogP contribution in [0.4, 0.5) is 0 Å². The number of benzene rings is 3. The van der Waals surface area contributed by atoms with Gasteiger partial charge >= 0.3 is 0 Å². The molecule has 1 N–H and O–H groups in total. The Balaban J connectivity index is 1.42. The molecule has 1 atom stereocenters. The Morgan fingerprint density at radius 1 is 0.929 bits per heavy atom. The van der Waals surface area contributed by atoms with Gasteiger partial charge in [0, 0.05) is 10.4 Å². The first-order chi connectivity index (χ1) is 13.6. The molecule has 1 aliphatic carbocycles. The molecule has 1 saturated carbocycles. The van der Waals surface area contributed by atoms with Gasteiger partial charge in [0.15, 0.2) is 0 Å². The highest BCUT2D eigenvalue weighted by Gasteiger charge is 2.28. The van der Waals surface area contributed by atoms with Crippen LogP contribution in [0.3, 0.4) is 0 Å². The zero-order valence-electron chi connectivity index (χ0n) is 16.2. The summed E-state index contributed by atoms with van der Waals surface area (Å²) in [5.41, 5.74) is 2.58. The van der Waals surface area contributed by atoms with E-state index in [1.165, 1.54) is 16.3 Å². The smallest absolute Gasteiger partial charge is 0.223 e. The molecule has 0 saturated heterocycles. The van der Waals surface area contributed by atoms with E-state index < -0.39 is 0 Å². The van der Waals surface area contributed by atoms with Crippen LogP contribution < -0.4 is 5.32 Å². The van der Waals surface area contributed by atoms with Crippen LogP contribution in [0.2, 0.25) is 0 Å². The van der Waals surface area contributed by atoms with Crippen LogP contribution in [-0.2, 0) is 4.79 Å². The first-order valence-electron chi connectivity index (χ1n) is 10.2. The fourth-order valence-corrected chi connectivity index (χ4v) is 5.10. The molecule has 28 heavy (non-hydrogen) atoms. The lowest BCUT2D eigenvalue weighted by Crippen LogP contribution is -2.34. The number of rotatable bonds is 4. The second kappa shape index (κ2) is 8.48. The first-order valence-corrected chi connectivity index (χ1v) is 10.9. The summed E-state index contributed by atoms with van der Waals surface area (Å²) in [6.45, 7) is 2.06.